The lowest BCUT2D eigenvalue weighted by Gasteiger charge is -2.29. The molecule has 1 atom stereocenters. The molecule has 3 aromatic heterocycles. The molecule has 11 nitrogen and oxygen atoms in total. The summed E-state index contributed by atoms with van der Waals surface area (Å²) in [4.78, 5) is 40.0. The molecule has 4 heterocycles. The third-order valence-electron chi connectivity index (χ3n) is 8.11. The van der Waals surface area contributed by atoms with Gasteiger partial charge in [0.15, 0.2) is 11.6 Å². The molecule has 0 aliphatic carbocycles. The molecule has 3 N–H and O–H groups in total. The number of carbonyl (C=O) groups is 2. The first-order chi connectivity index (χ1) is 24.9. The number of halogens is 4. The molecule has 0 saturated carbocycles. The molecule has 0 spiro atoms. The normalized spacial score (nSPS) is 14.2. The maximum atomic E-state index is 15.3. The van der Waals surface area contributed by atoms with Crippen LogP contribution in [0.25, 0.3) is 22.5 Å². The Morgan fingerprint density at radius 3 is 2.56 bits per heavy atom. The average molecular weight is 757 g/mol. The number of methoxy groups -OCH3 is 1. The second-order valence-electron chi connectivity index (χ2n) is 13.2. The number of hydrogen-bond donors (Lipinski definition) is 3. The molecule has 1 aromatic carbocycles. The van der Waals surface area contributed by atoms with Crippen LogP contribution in [0, 0.1) is 5.82 Å². The van der Waals surface area contributed by atoms with Gasteiger partial charge in [-0.15, -0.1) is 0 Å². The van der Waals surface area contributed by atoms with E-state index in [-0.39, 0.29) is 53.3 Å². The molecule has 52 heavy (non-hydrogen) atoms. The fourth-order valence-corrected chi connectivity index (χ4v) is 6.20. The Balaban J connectivity index is 1.40. The predicted molar refractivity (Wildman–Crippen MR) is 197 cm³/mol. The summed E-state index contributed by atoms with van der Waals surface area (Å²) in [7, 11) is 1.49. The molecule has 1 aliphatic heterocycles. The van der Waals surface area contributed by atoms with Crippen molar-refractivity contribution in [3.05, 3.63) is 81.8 Å². The molecule has 0 radical (unpaired) electrons. The molecule has 15 heteroatoms. The Morgan fingerprint density at radius 2 is 1.85 bits per heavy atom. The lowest BCUT2D eigenvalue weighted by Crippen LogP contribution is -2.43. The fraction of sp³-hybridized carbons (Fsp3) is 0.378. The highest BCUT2D eigenvalue weighted by atomic mass is 35.5. The SMILES string of the molecule is COc1nc(-c2ccnc(-c3cccc(Nc4nccc(CNCCCF)c4F)c3Cl)c2Cl)ccc1CN(C[C@@H]1CCC(=O)N1)C(=O)OC(C)(C)C. The quantitative estimate of drug-likeness (QED) is 0.110. The van der Waals surface area contributed by atoms with Crippen LogP contribution in [0.4, 0.5) is 25.1 Å². The zero-order valence-corrected chi connectivity index (χ0v) is 30.9. The summed E-state index contributed by atoms with van der Waals surface area (Å²) in [5.41, 5.74) is 2.53. The molecule has 1 fully saturated rings. The van der Waals surface area contributed by atoms with Crippen LogP contribution >= 0.6 is 23.2 Å². The molecule has 4 aromatic rings. The van der Waals surface area contributed by atoms with Crippen LogP contribution in [0.1, 0.15) is 51.2 Å². The minimum Gasteiger partial charge on any atom is -0.481 e. The number of alkyl halides is 1. The monoisotopic (exact) mass is 755 g/mol. The van der Waals surface area contributed by atoms with Gasteiger partial charge in [-0.1, -0.05) is 35.3 Å². The Labute approximate surface area is 311 Å². The zero-order chi connectivity index (χ0) is 37.4. The number of nitrogens with one attached hydrogen (secondary N) is 3. The number of aromatic nitrogens is 3. The summed E-state index contributed by atoms with van der Waals surface area (Å²) in [6.45, 7) is 5.93. The Hall–Kier alpha value is -4.59. The van der Waals surface area contributed by atoms with Crippen LogP contribution in [0.5, 0.6) is 5.88 Å². The molecule has 1 aliphatic rings. The van der Waals surface area contributed by atoms with Gasteiger partial charge in [-0.3, -0.25) is 14.2 Å². The van der Waals surface area contributed by atoms with Crippen molar-refractivity contribution in [3.8, 4) is 28.4 Å². The Morgan fingerprint density at radius 1 is 1.06 bits per heavy atom. The van der Waals surface area contributed by atoms with Gasteiger partial charge in [0.05, 0.1) is 47.4 Å². The topological polar surface area (TPSA) is 131 Å². The number of rotatable bonds is 14. The number of nitrogens with zero attached hydrogens (tertiary/aromatic N) is 4. The zero-order valence-electron chi connectivity index (χ0n) is 29.4. The van der Waals surface area contributed by atoms with E-state index in [1.165, 1.54) is 18.2 Å². The number of amides is 2. The summed E-state index contributed by atoms with van der Waals surface area (Å²) in [5, 5.41) is 9.40. The lowest BCUT2D eigenvalue weighted by molar-refractivity contribution is -0.119. The third kappa shape index (κ3) is 9.64. The number of anilines is 2. The van der Waals surface area contributed by atoms with Crippen molar-refractivity contribution in [3.63, 3.8) is 0 Å². The molecular weight excluding hydrogens is 715 g/mol. The van der Waals surface area contributed by atoms with Gasteiger partial charge in [-0.2, -0.15) is 0 Å². The molecular formula is C37H41Cl2F2N7O4. The van der Waals surface area contributed by atoms with E-state index in [0.717, 1.165) is 0 Å². The van der Waals surface area contributed by atoms with Crippen LogP contribution in [0.2, 0.25) is 10.0 Å². The third-order valence-corrected chi connectivity index (χ3v) is 8.90. The maximum absolute atomic E-state index is 15.3. The minimum absolute atomic E-state index is 0.0220. The van der Waals surface area contributed by atoms with Gasteiger partial charge in [-0.05, 0) is 70.5 Å². The van der Waals surface area contributed by atoms with Crippen LogP contribution < -0.4 is 20.7 Å². The van der Waals surface area contributed by atoms with Crippen LogP contribution in [-0.4, -0.2) is 70.4 Å². The maximum Gasteiger partial charge on any atom is 0.410 e. The number of ether oxygens (including phenoxy) is 2. The van der Waals surface area contributed by atoms with E-state index in [9.17, 15) is 14.0 Å². The van der Waals surface area contributed by atoms with Crippen molar-refractivity contribution in [2.75, 3.05) is 32.2 Å². The number of benzene rings is 1. The number of carbonyl (C=O) groups excluding carboxylic acids is 2. The second-order valence-corrected chi connectivity index (χ2v) is 13.9. The van der Waals surface area contributed by atoms with Gasteiger partial charge in [0, 0.05) is 60.2 Å². The smallest absolute Gasteiger partial charge is 0.410 e. The van der Waals surface area contributed by atoms with Gasteiger partial charge in [0.2, 0.25) is 11.8 Å². The van der Waals surface area contributed by atoms with E-state index >= 15 is 4.39 Å². The highest BCUT2D eigenvalue weighted by Gasteiger charge is 2.29. The van der Waals surface area contributed by atoms with Crippen molar-refractivity contribution >= 4 is 46.7 Å². The molecule has 2 amide bonds. The number of hydrogen-bond acceptors (Lipinski definition) is 9. The van der Waals surface area contributed by atoms with E-state index in [1.807, 2.05) is 0 Å². The highest BCUT2D eigenvalue weighted by molar-refractivity contribution is 6.39. The average Bonchev–Trinajstić information content (AvgIpc) is 3.52. The van der Waals surface area contributed by atoms with E-state index in [4.69, 9.17) is 37.7 Å². The van der Waals surface area contributed by atoms with E-state index in [2.05, 4.69) is 25.9 Å². The van der Waals surface area contributed by atoms with Gasteiger partial charge in [-0.25, -0.2) is 19.2 Å². The van der Waals surface area contributed by atoms with Crippen molar-refractivity contribution < 1.29 is 27.8 Å². The van der Waals surface area contributed by atoms with E-state index in [1.54, 1.807) is 69.4 Å². The molecule has 5 rings (SSSR count). The second kappa shape index (κ2) is 17.3. The summed E-state index contributed by atoms with van der Waals surface area (Å²) >= 11 is 13.8. The largest absolute Gasteiger partial charge is 0.481 e. The molecule has 276 valence electrons. The van der Waals surface area contributed by atoms with Gasteiger partial charge in [0.1, 0.15) is 5.60 Å². The summed E-state index contributed by atoms with van der Waals surface area (Å²) < 4.78 is 39.1. The van der Waals surface area contributed by atoms with Gasteiger partial charge >= 0.3 is 6.09 Å². The molecule has 0 bridgehead atoms. The molecule has 0 unspecified atom stereocenters. The minimum atomic E-state index is -0.720. The van der Waals surface area contributed by atoms with Crippen molar-refractivity contribution in [2.24, 2.45) is 0 Å². The Kier molecular flexibility index (Phi) is 12.8. The first kappa shape index (κ1) is 38.6. The number of pyridine rings is 3. The van der Waals surface area contributed by atoms with Crippen LogP contribution in [-0.2, 0) is 22.6 Å². The highest BCUT2D eigenvalue weighted by Crippen LogP contribution is 2.41. The molecule has 1 saturated heterocycles. The van der Waals surface area contributed by atoms with Crippen molar-refractivity contribution in [1.82, 2.24) is 30.5 Å². The van der Waals surface area contributed by atoms with Crippen LogP contribution in [0.3, 0.4) is 0 Å². The standard InChI is InChI=1S/C37H41Cl2F2N7O4/c1-37(2,3)52-36(50)48(21-24-10-12-29(49)45-24)20-23-9-11-27(47-35(23)51-4)25-14-18-43-33(31(25)39)26-7-5-8-28(30(26)38)46-34-32(41)22(13-17-44-34)19-42-16-6-15-40/h5,7-9,11,13-14,17-18,24,42H,6,10,12,15-16,19-21H2,1-4H3,(H,44,46)(H,45,49)/t24-/m0/s1. The summed E-state index contributed by atoms with van der Waals surface area (Å²) in [6.07, 6.45) is 3.89. The van der Waals surface area contributed by atoms with Crippen LogP contribution in [0.15, 0.2) is 54.9 Å². The van der Waals surface area contributed by atoms with Crippen molar-refractivity contribution in [2.45, 2.75) is 64.8 Å². The van der Waals surface area contributed by atoms with Gasteiger partial charge in [0.25, 0.3) is 0 Å². The summed E-state index contributed by atoms with van der Waals surface area (Å²) in [5.74, 6) is -0.360. The predicted octanol–water partition coefficient (Wildman–Crippen LogP) is 7.87. The van der Waals surface area contributed by atoms with E-state index in [0.29, 0.717) is 65.1 Å². The van der Waals surface area contributed by atoms with Gasteiger partial charge < -0.3 is 30.3 Å². The first-order valence-electron chi connectivity index (χ1n) is 16.8. The van der Waals surface area contributed by atoms with E-state index < -0.39 is 24.2 Å². The van der Waals surface area contributed by atoms with Crippen molar-refractivity contribution in [1.29, 1.82) is 0 Å². The fourth-order valence-electron chi connectivity index (χ4n) is 5.62. The Bertz CT molecular complexity index is 1910. The summed E-state index contributed by atoms with van der Waals surface area (Å²) in [6, 6.07) is 11.8. The first-order valence-corrected chi connectivity index (χ1v) is 17.6. The lowest BCUT2D eigenvalue weighted by atomic mass is 10.1.